The van der Waals surface area contributed by atoms with E-state index in [9.17, 15) is 0 Å². The standard InChI is InChI=1S/C13H16BrNO2/c1-10(2)9-16-5-6-17-13-4-3-12(14)7-11(13)8-15/h3-4,7,10H,5-6,9H2,1-2H3. The monoisotopic (exact) mass is 297 g/mol. The minimum atomic E-state index is 0.461. The van der Waals surface area contributed by atoms with E-state index in [1.165, 1.54) is 0 Å². The molecule has 0 spiro atoms. The van der Waals surface area contributed by atoms with Gasteiger partial charge in [-0.2, -0.15) is 5.26 Å². The van der Waals surface area contributed by atoms with E-state index in [-0.39, 0.29) is 0 Å². The molecule has 0 aliphatic rings. The van der Waals surface area contributed by atoms with Gasteiger partial charge in [0.15, 0.2) is 0 Å². The van der Waals surface area contributed by atoms with Crippen LogP contribution in [-0.4, -0.2) is 19.8 Å². The molecule has 0 aliphatic carbocycles. The quantitative estimate of drug-likeness (QED) is 0.756. The van der Waals surface area contributed by atoms with Crippen LogP contribution in [0.3, 0.4) is 0 Å². The smallest absolute Gasteiger partial charge is 0.137 e. The second-order valence-electron chi connectivity index (χ2n) is 4.07. The van der Waals surface area contributed by atoms with Crippen LogP contribution in [0, 0.1) is 17.2 Å². The molecule has 0 aliphatic heterocycles. The van der Waals surface area contributed by atoms with E-state index in [2.05, 4.69) is 35.8 Å². The first-order valence-corrected chi connectivity index (χ1v) is 6.33. The summed E-state index contributed by atoms with van der Waals surface area (Å²) in [7, 11) is 0. The van der Waals surface area contributed by atoms with Crippen LogP contribution < -0.4 is 4.74 Å². The maximum Gasteiger partial charge on any atom is 0.137 e. The minimum Gasteiger partial charge on any atom is -0.490 e. The van der Waals surface area contributed by atoms with Crippen molar-refractivity contribution in [1.29, 1.82) is 5.26 Å². The number of hydrogen-bond acceptors (Lipinski definition) is 3. The first kappa shape index (κ1) is 14.0. The number of ether oxygens (including phenoxy) is 2. The summed E-state index contributed by atoms with van der Waals surface area (Å²) in [5.74, 6) is 1.13. The van der Waals surface area contributed by atoms with Crippen LogP contribution in [0.1, 0.15) is 19.4 Å². The highest BCUT2D eigenvalue weighted by atomic mass is 79.9. The Bertz CT molecular complexity index is 399. The molecule has 0 atom stereocenters. The Balaban J connectivity index is 2.39. The summed E-state index contributed by atoms with van der Waals surface area (Å²) in [6.45, 7) is 5.93. The lowest BCUT2D eigenvalue weighted by Crippen LogP contribution is -2.10. The second-order valence-corrected chi connectivity index (χ2v) is 4.99. The summed E-state index contributed by atoms with van der Waals surface area (Å²) in [6, 6.07) is 7.48. The van der Waals surface area contributed by atoms with E-state index in [0.29, 0.717) is 30.4 Å². The molecule has 0 saturated heterocycles. The van der Waals surface area contributed by atoms with Crippen molar-refractivity contribution < 1.29 is 9.47 Å². The third-order valence-electron chi connectivity index (χ3n) is 2.00. The molecule has 0 fully saturated rings. The Morgan fingerprint density at radius 1 is 1.35 bits per heavy atom. The lowest BCUT2D eigenvalue weighted by molar-refractivity contribution is 0.0818. The largest absolute Gasteiger partial charge is 0.490 e. The van der Waals surface area contributed by atoms with Gasteiger partial charge in [0.2, 0.25) is 0 Å². The van der Waals surface area contributed by atoms with E-state index >= 15 is 0 Å². The van der Waals surface area contributed by atoms with Gasteiger partial charge in [-0.1, -0.05) is 29.8 Å². The van der Waals surface area contributed by atoms with Crippen LogP contribution in [0.4, 0.5) is 0 Å². The summed E-state index contributed by atoms with van der Waals surface area (Å²) in [4.78, 5) is 0. The van der Waals surface area contributed by atoms with Crippen molar-refractivity contribution >= 4 is 15.9 Å². The van der Waals surface area contributed by atoms with Crippen molar-refractivity contribution in [3.8, 4) is 11.8 Å². The zero-order chi connectivity index (χ0) is 12.7. The number of rotatable bonds is 6. The third-order valence-corrected chi connectivity index (χ3v) is 2.49. The van der Waals surface area contributed by atoms with Crippen LogP contribution in [0.5, 0.6) is 5.75 Å². The first-order valence-electron chi connectivity index (χ1n) is 5.53. The Morgan fingerprint density at radius 3 is 2.76 bits per heavy atom. The van der Waals surface area contributed by atoms with Gasteiger partial charge in [0.1, 0.15) is 18.4 Å². The van der Waals surface area contributed by atoms with Crippen molar-refractivity contribution in [2.45, 2.75) is 13.8 Å². The molecule has 0 radical (unpaired) electrons. The van der Waals surface area contributed by atoms with Crippen molar-refractivity contribution in [2.75, 3.05) is 19.8 Å². The molecule has 0 N–H and O–H groups in total. The Kier molecular flexibility index (Phi) is 6.03. The molecular formula is C13H16BrNO2. The summed E-state index contributed by atoms with van der Waals surface area (Å²) in [5, 5.41) is 8.94. The van der Waals surface area contributed by atoms with Gasteiger partial charge < -0.3 is 9.47 Å². The van der Waals surface area contributed by atoms with E-state index in [1.54, 1.807) is 12.1 Å². The molecule has 4 heteroatoms. The van der Waals surface area contributed by atoms with Gasteiger partial charge in [-0.25, -0.2) is 0 Å². The number of nitriles is 1. The lowest BCUT2D eigenvalue weighted by Gasteiger charge is -2.09. The predicted octanol–water partition coefficient (Wildman–Crippen LogP) is 3.37. The Hall–Kier alpha value is -1.05. The van der Waals surface area contributed by atoms with E-state index < -0.39 is 0 Å². The molecule has 1 aromatic rings. The van der Waals surface area contributed by atoms with Gasteiger partial charge in [0.05, 0.1) is 12.2 Å². The molecular weight excluding hydrogens is 282 g/mol. The lowest BCUT2D eigenvalue weighted by atomic mass is 10.2. The van der Waals surface area contributed by atoms with Gasteiger partial charge in [-0.3, -0.25) is 0 Å². The van der Waals surface area contributed by atoms with E-state index in [0.717, 1.165) is 11.1 Å². The number of halogens is 1. The van der Waals surface area contributed by atoms with Crippen molar-refractivity contribution in [1.82, 2.24) is 0 Å². The average molecular weight is 298 g/mol. The third kappa shape index (κ3) is 5.20. The summed E-state index contributed by atoms with van der Waals surface area (Å²) < 4.78 is 11.8. The highest BCUT2D eigenvalue weighted by Gasteiger charge is 2.03. The SMILES string of the molecule is CC(C)COCCOc1ccc(Br)cc1C#N. The van der Waals surface area contributed by atoms with Crippen molar-refractivity contribution in [3.05, 3.63) is 28.2 Å². The van der Waals surface area contributed by atoms with Crippen LogP contribution in [0.15, 0.2) is 22.7 Å². The fourth-order valence-electron chi connectivity index (χ4n) is 1.25. The predicted molar refractivity (Wildman–Crippen MR) is 70.0 cm³/mol. The molecule has 0 aromatic heterocycles. The van der Waals surface area contributed by atoms with Crippen molar-refractivity contribution in [3.63, 3.8) is 0 Å². The molecule has 0 unspecified atom stereocenters. The summed E-state index contributed by atoms with van der Waals surface area (Å²) in [5.41, 5.74) is 0.531. The van der Waals surface area contributed by atoms with Gasteiger partial charge in [0.25, 0.3) is 0 Å². The molecule has 3 nitrogen and oxygen atoms in total. The van der Waals surface area contributed by atoms with Gasteiger partial charge in [-0.15, -0.1) is 0 Å². The summed E-state index contributed by atoms with van der Waals surface area (Å²) >= 11 is 3.31. The molecule has 1 rings (SSSR count). The Morgan fingerprint density at radius 2 is 2.12 bits per heavy atom. The maximum atomic E-state index is 8.94. The Labute approximate surface area is 110 Å². The summed E-state index contributed by atoms with van der Waals surface area (Å²) in [6.07, 6.45) is 0. The molecule has 0 heterocycles. The van der Waals surface area contributed by atoms with Gasteiger partial charge in [0, 0.05) is 11.1 Å². The highest BCUT2D eigenvalue weighted by molar-refractivity contribution is 9.10. The maximum absolute atomic E-state index is 8.94. The van der Waals surface area contributed by atoms with Crippen LogP contribution in [0.25, 0.3) is 0 Å². The number of hydrogen-bond donors (Lipinski definition) is 0. The molecule has 0 saturated carbocycles. The van der Waals surface area contributed by atoms with E-state index in [4.69, 9.17) is 14.7 Å². The molecule has 1 aromatic carbocycles. The fraction of sp³-hybridized carbons (Fsp3) is 0.462. The zero-order valence-corrected chi connectivity index (χ0v) is 11.7. The van der Waals surface area contributed by atoms with Gasteiger partial charge in [-0.05, 0) is 24.1 Å². The van der Waals surface area contributed by atoms with Crippen LogP contribution in [-0.2, 0) is 4.74 Å². The van der Waals surface area contributed by atoms with Crippen LogP contribution >= 0.6 is 15.9 Å². The van der Waals surface area contributed by atoms with Gasteiger partial charge >= 0.3 is 0 Å². The topological polar surface area (TPSA) is 42.2 Å². The number of benzene rings is 1. The number of nitrogens with zero attached hydrogens (tertiary/aromatic N) is 1. The molecule has 0 bridgehead atoms. The fourth-order valence-corrected chi connectivity index (χ4v) is 1.61. The minimum absolute atomic E-state index is 0.461. The van der Waals surface area contributed by atoms with Crippen molar-refractivity contribution in [2.24, 2.45) is 5.92 Å². The highest BCUT2D eigenvalue weighted by Crippen LogP contribution is 2.22. The molecule has 92 valence electrons. The zero-order valence-electron chi connectivity index (χ0n) is 10.1. The molecule has 0 amide bonds. The average Bonchev–Trinajstić information content (AvgIpc) is 2.29. The second kappa shape index (κ2) is 7.31. The molecule has 17 heavy (non-hydrogen) atoms. The first-order chi connectivity index (χ1) is 8.13. The normalized spacial score (nSPS) is 10.3. The van der Waals surface area contributed by atoms with E-state index in [1.807, 2.05) is 6.07 Å². The van der Waals surface area contributed by atoms with Crippen LogP contribution in [0.2, 0.25) is 0 Å².